The van der Waals surface area contributed by atoms with Crippen molar-refractivity contribution in [2.24, 2.45) is 0 Å². The Morgan fingerprint density at radius 3 is 2.37 bits per heavy atom. The first kappa shape index (κ1) is 18.7. The molecule has 0 atom stereocenters. The summed E-state index contributed by atoms with van der Waals surface area (Å²) in [5.74, 6) is 0.756. The van der Waals surface area contributed by atoms with E-state index < -0.39 is 0 Å². The highest BCUT2D eigenvalue weighted by Crippen LogP contribution is 2.29. The normalized spacial score (nSPS) is 15.8. The SMILES string of the molecule is Cc1ccc(CN(C)C)c(C2CCNCC2)c1.Cl.Cl. The van der Waals surface area contributed by atoms with Crippen molar-refractivity contribution in [3.8, 4) is 0 Å². The predicted molar refractivity (Wildman–Crippen MR) is 87.9 cm³/mol. The number of aryl methyl sites for hydroxylation is 1. The molecule has 2 nitrogen and oxygen atoms in total. The molecular formula is C15H26Cl2N2. The maximum atomic E-state index is 3.45. The highest BCUT2D eigenvalue weighted by atomic mass is 35.5. The van der Waals surface area contributed by atoms with E-state index in [4.69, 9.17) is 0 Å². The van der Waals surface area contributed by atoms with Crippen molar-refractivity contribution < 1.29 is 0 Å². The second-order valence-electron chi connectivity index (χ2n) is 5.46. The zero-order valence-electron chi connectivity index (χ0n) is 12.1. The summed E-state index contributed by atoms with van der Waals surface area (Å²) >= 11 is 0. The number of halogens is 2. The van der Waals surface area contributed by atoms with Gasteiger partial charge in [-0.1, -0.05) is 23.8 Å². The number of benzene rings is 1. The summed E-state index contributed by atoms with van der Waals surface area (Å²) in [5.41, 5.74) is 4.48. The van der Waals surface area contributed by atoms with E-state index >= 15 is 0 Å². The average molecular weight is 305 g/mol. The van der Waals surface area contributed by atoms with Gasteiger partial charge in [0.15, 0.2) is 0 Å². The van der Waals surface area contributed by atoms with Crippen LogP contribution in [0.4, 0.5) is 0 Å². The molecule has 1 aromatic carbocycles. The Balaban J connectivity index is 0.00000162. The summed E-state index contributed by atoms with van der Waals surface area (Å²) < 4.78 is 0. The van der Waals surface area contributed by atoms with Gasteiger partial charge in [-0.05, 0) is 64.0 Å². The molecule has 0 unspecified atom stereocenters. The van der Waals surface area contributed by atoms with E-state index in [2.05, 4.69) is 49.4 Å². The van der Waals surface area contributed by atoms with E-state index in [9.17, 15) is 0 Å². The molecule has 1 fully saturated rings. The van der Waals surface area contributed by atoms with Gasteiger partial charge in [-0.3, -0.25) is 0 Å². The lowest BCUT2D eigenvalue weighted by Crippen LogP contribution is -2.27. The lowest BCUT2D eigenvalue weighted by Gasteiger charge is -2.26. The van der Waals surface area contributed by atoms with Crippen LogP contribution < -0.4 is 5.32 Å². The van der Waals surface area contributed by atoms with E-state index in [1.165, 1.54) is 37.1 Å². The van der Waals surface area contributed by atoms with Crippen LogP contribution in [0.3, 0.4) is 0 Å². The summed E-state index contributed by atoms with van der Waals surface area (Å²) in [4.78, 5) is 2.26. The maximum absolute atomic E-state index is 3.45. The Kier molecular flexibility index (Phi) is 8.67. The fourth-order valence-electron chi connectivity index (χ4n) is 2.71. The fourth-order valence-corrected chi connectivity index (χ4v) is 2.71. The Morgan fingerprint density at radius 2 is 1.79 bits per heavy atom. The molecule has 0 saturated carbocycles. The van der Waals surface area contributed by atoms with Crippen LogP contribution in [0.2, 0.25) is 0 Å². The average Bonchev–Trinajstić information content (AvgIpc) is 2.32. The molecule has 1 aromatic rings. The van der Waals surface area contributed by atoms with Gasteiger partial charge in [-0.25, -0.2) is 0 Å². The lowest BCUT2D eigenvalue weighted by atomic mass is 9.86. The third-order valence-electron chi connectivity index (χ3n) is 3.57. The van der Waals surface area contributed by atoms with Crippen molar-refractivity contribution in [1.82, 2.24) is 10.2 Å². The Hall–Kier alpha value is -0.280. The molecule has 1 saturated heterocycles. The lowest BCUT2D eigenvalue weighted by molar-refractivity contribution is 0.394. The van der Waals surface area contributed by atoms with Gasteiger partial charge in [-0.15, -0.1) is 24.8 Å². The van der Waals surface area contributed by atoms with Crippen LogP contribution >= 0.6 is 24.8 Å². The zero-order chi connectivity index (χ0) is 12.3. The molecule has 1 aliphatic heterocycles. The fraction of sp³-hybridized carbons (Fsp3) is 0.600. The van der Waals surface area contributed by atoms with E-state index in [-0.39, 0.29) is 24.8 Å². The Labute approximate surface area is 129 Å². The molecule has 0 bridgehead atoms. The van der Waals surface area contributed by atoms with Gasteiger partial charge in [0.2, 0.25) is 0 Å². The van der Waals surface area contributed by atoms with Crippen LogP contribution in [0.15, 0.2) is 18.2 Å². The van der Waals surface area contributed by atoms with Gasteiger partial charge in [0.1, 0.15) is 0 Å². The highest BCUT2D eigenvalue weighted by Gasteiger charge is 2.18. The minimum absolute atomic E-state index is 0. The molecule has 0 amide bonds. The molecule has 19 heavy (non-hydrogen) atoms. The van der Waals surface area contributed by atoms with Crippen LogP contribution in [0.25, 0.3) is 0 Å². The number of rotatable bonds is 3. The topological polar surface area (TPSA) is 15.3 Å². The second-order valence-corrected chi connectivity index (χ2v) is 5.46. The van der Waals surface area contributed by atoms with Crippen LogP contribution in [-0.2, 0) is 6.54 Å². The van der Waals surface area contributed by atoms with Crippen molar-refractivity contribution in [3.05, 3.63) is 34.9 Å². The summed E-state index contributed by atoms with van der Waals surface area (Å²) in [6.45, 7) is 5.59. The largest absolute Gasteiger partial charge is 0.317 e. The second kappa shape index (κ2) is 8.80. The number of hydrogen-bond acceptors (Lipinski definition) is 2. The van der Waals surface area contributed by atoms with Crippen LogP contribution in [0.1, 0.15) is 35.4 Å². The third kappa shape index (κ3) is 5.31. The van der Waals surface area contributed by atoms with Crippen molar-refractivity contribution >= 4 is 24.8 Å². The van der Waals surface area contributed by atoms with Crippen molar-refractivity contribution in [3.63, 3.8) is 0 Å². The van der Waals surface area contributed by atoms with Gasteiger partial charge in [0, 0.05) is 6.54 Å². The number of nitrogens with zero attached hydrogens (tertiary/aromatic N) is 1. The first-order valence-electron chi connectivity index (χ1n) is 6.61. The van der Waals surface area contributed by atoms with Crippen molar-refractivity contribution in [2.45, 2.75) is 32.2 Å². The highest BCUT2D eigenvalue weighted by molar-refractivity contribution is 5.85. The van der Waals surface area contributed by atoms with Crippen molar-refractivity contribution in [2.75, 3.05) is 27.2 Å². The van der Waals surface area contributed by atoms with Crippen LogP contribution in [0, 0.1) is 6.92 Å². The molecule has 1 heterocycles. The van der Waals surface area contributed by atoms with Crippen LogP contribution in [0.5, 0.6) is 0 Å². The minimum Gasteiger partial charge on any atom is -0.317 e. The molecule has 2 rings (SSSR count). The van der Waals surface area contributed by atoms with E-state index in [0.717, 1.165) is 12.5 Å². The van der Waals surface area contributed by atoms with Gasteiger partial charge in [-0.2, -0.15) is 0 Å². The molecule has 0 radical (unpaired) electrons. The van der Waals surface area contributed by atoms with Crippen LogP contribution in [-0.4, -0.2) is 32.1 Å². The Morgan fingerprint density at radius 1 is 1.16 bits per heavy atom. The zero-order valence-corrected chi connectivity index (χ0v) is 13.7. The monoisotopic (exact) mass is 304 g/mol. The standard InChI is InChI=1S/C15H24N2.2ClH/c1-12-4-5-14(11-17(2)3)15(10-12)13-6-8-16-9-7-13;;/h4-5,10,13,16H,6-9,11H2,1-3H3;2*1H. The Bertz CT molecular complexity index is 374. The molecule has 0 spiro atoms. The minimum atomic E-state index is 0. The first-order chi connectivity index (χ1) is 8.16. The summed E-state index contributed by atoms with van der Waals surface area (Å²) in [5, 5.41) is 3.45. The van der Waals surface area contributed by atoms with E-state index in [1.807, 2.05) is 0 Å². The molecule has 0 aliphatic carbocycles. The smallest absolute Gasteiger partial charge is 0.0230 e. The summed E-state index contributed by atoms with van der Waals surface area (Å²) in [6.07, 6.45) is 2.56. The third-order valence-corrected chi connectivity index (χ3v) is 3.57. The first-order valence-corrected chi connectivity index (χ1v) is 6.61. The van der Waals surface area contributed by atoms with Gasteiger partial charge in [0.25, 0.3) is 0 Å². The summed E-state index contributed by atoms with van der Waals surface area (Å²) in [7, 11) is 4.29. The maximum Gasteiger partial charge on any atom is 0.0230 e. The predicted octanol–water partition coefficient (Wildman–Crippen LogP) is 3.37. The van der Waals surface area contributed by atoms with Gasteiger partial charge in [0.05, 0.1) is 0 Å². The summed E-state index contributed by atoms with van der Waals surface area (Å²) in [6, 6.07) is 6.95. The number of nitrogens with one attached hydrogen (secondary N) is 1. The number of hydrogen-bond donors (Lipinski definition) is 1. The van der Waals surface area contributed by atoms with Crippen molar-refractivity contribution in [1.29, 1.82) is 0 Å². The molecular weight excluding hydrogens is 279 g/mol. The quantitative estimate of drug-likeness (QED) is 0.921. The molecule has 1 aliphatic rings. The molecule has 4 heteroatoms. The van der Waals surface area contributed by atoms with Gasteiger partial charge < -0.3 is 10.2 Å². The van der Waals surface area contributed by atoms with Gasteiger partial charge >= 0.3 is 0 Å². The van der Waals surface area contributed by atoms with E-state index in [1.54, 1.807) is 5.56 Å². The molecule has 1 N–H and O–H groups in total. The molecule has 110 valence electrons. The van der Waals surface area contributed by atoms with E-state index in [0.29, 0.717) is 0 Å². The number of piperidine rings is 1. The molecule has 0 aromatic heterocycles.